The van der Waals surface area contributed by atoms with Gasteiger partial charge in [0.15, 0.2) is 11.0 Å². The summed E-state index contributed by atoms with van der Waals surface area (Å²) in [4.78, 5) is 26.4. The van der Waals surface area contributed by atoms with Gasteiger partial charge in [0.25, 0.3) is 5.91 Å². The lowest BCUT2D eigenvalue weighted by molar-refractivity contribution is -0.125. The van der Waals surface area contributed by atoms with E-state index in [0.29, 0.717) is 30.4 Å². The molecule has 1 saturated heterocycles. The van der Waals surface area contributed by atoms with Crippen molar-refractivity contribution in [3.63, 3.8) is 0 Å². The first-order valence-electron chi connectivity index (χ1n) is 8.98. The predicted octanol–water partition coefficient (Wildman–Crippen LogP) is 1.89. The van der Waals surface area contributed by atoms with Crippen molar-refractivity contribution < 1.29 is 9.59 Å². The second kappa shape index (κ2) is 9.32. The molecule has 0 aliphatic carbocycles. The summed E-state index contributed by atoms with van der Waals surface area (Å²) in [6.07, 6.45) is 1.74. The van der Waals surface area contributed by atoms with E-state index in [1.807, 2.05) is 29.2 Å². The van der Waals surface area contributed by atoms with Crippen LogP contribution < -0.4 is 15.5 Å². The van der Waals surface area contributed by atoms with Gasteiger partial charge in [-0.2, -0.15) is 0 Å². The molecule has 27 heavy (non-hydrogen) atoms. The van der Waals surface area contributed by atoms with E-state index in [9.17, 15) is 9.59 Å². The molecular weight excluding hydrogens is 366 g/mol. The van der Waals surface area contributed by atoms with Crippen LogP contribution in [0.15, 0.2) is 42.5 Å². The van der Waals surface area contributed by atoms with Crippen molar-refractivity contribution in [2.24, 2.45) is 5.92 Å². The highest BCUT2D eigenvalue weighted by Crippen LogP contribution is 2.21. The van der Waals surface area contributed by atoms with E-state index in [2.05, 4.69) is 20.8 Å². The average molecular weight is 388 g/mol. The van der Waals surface area contributed by atoms with Gasteiger partial charge in [0.05, 0.1) is 5.92 Å². The van der Waals surface area contributed by atoms with E-state index < -0.39 is 0 Å². The number of piperidine rings is 1. The summed E-state index contributed by atoms with van der Waals surface area (Å²) >= 11 is 5.78. The molecule has 2 aromatic rings. The Bertz CT molecular complexity index is 769. The zero-order valence-electron chi connectivity index (χ0n) is 14.9. The highest BCUT2D eigenvalue weighted by molar-refractivity contribution is 6.29. The minimum Gasteiger partial charge on any atom is -0.354 e. The number of rotatable bonds is 6. The Kier molecular flexibility index (Phi) is 6.59. The third kappa shape index (κ3) is 5.40. The summed E-state index contributed by atoms with van der Waals surface area (Å²) < 4.78 is 0. The third-order valence-electron chi connectivity index (χ3n) is 4.48. The largest absolute Gasteiger partial charge is 0.354 e. The van der Waals surface area contributed by atoms with Gasteiger partial charge in [0.1, 0.15) is 0 Å². The second-order valence-corrected chi connectivity index (χ2v) is 6.80. The highest BCUT2D eigenvalue weighted by atomic mass is 35.5. The van der Waals surface area contributed by atoms with Crippen LogP contribution in [0.25, 0.3) is 0 Å². The Hall–Kier alpha value is -2.67. The maximum Gasteiger partial charge on any atom is 0.251 e. The van der Waals surface area contributed by atoms with E-state index >= 15 is 0 Å². The maximum absolute atomic E-state index is 12.4. The number of benzene rings is 1. The third-order valence-corrected chi connectivity index (χ3v) is 4.68. The molecule has 0 bridgehead atoms. The van der Waals surface area contributed by atoms with E-state index in [1.54, 1.807) is 18.2 Å². The summed E-state index contributed by atoms with van der Waals surface area (Å²) in [6, 6.07) is 12.5. The standard InChI is InChI=1S/C19H22ClN5O2/c20-16-8-9-17(24-23-16)25-12-4-7-15(13-25)19(27)22-11-10-21-18(26)14-5-2-1-3-6-14/h1-3,5-6,8-9,15H,4,7,10-13H2,(H,21,26)(H,22,27)/t15-/m1/s1. The van der Waals surface area contributed by atoms with Gasteiger partial charge in [-0.3, -0.25) is 9.59 Å². The van der Waals surface area contributed by atoms with E-state index in [4.69, 9.17) is 11.6 Å². The van der Waals surface area contributed by atoms with Crippen LogP contribution in [0.2, 0.25) is 5.15 Å². The van der Waals surface area contributed by atoms with E-state index in [0.717, 1.165) is 25.2 Å². The summed E-state index contributed by atoms with van der Waals surface area (Å²) in [5.74, 6) is 0.471. The van der Waals surface area contributed by atoms with Crippen LogP contribution in [0.3, 0.4) is 0 Å². The van der Waals surface area contributed by atoms with Crippen LogP contribution in [0, 0.1) is 5.92 Å². The summed E-state index contributed by atoms with van der Waals surface area (Å²) in [5.41, 5.74) is 0.607. The molecule has 2 N–H and O–H groups in total. The molecular formula is C19H22ClN5O2. The van der Waals surface area contributed by atoms with Crippen molar-refractivity contribution in [1.82, 2.24) is 20.8 Å². The van der Waals surface area contributed by atoms with Crippen LogP contribution in [0.5, 0.6) is 0 Å². The average Bonchev–Trinajstić information content (AvgIpc) is 2.72. The first-order valence-corrected chi connectivity index (χ1v) is 9.36. The molecule has 0 spiro atoms. The molecule has 1 aromatic heterocycles. The molecule has 1 aromatic carbocycles. The minimum atomic E-state index is -0.144. The fraction of sp³-hybridized carbons (Fsp3) is 0.368. The molecule has 0 radical (unpaired) electrons. The molecule has 0 saturated carbocycles. The number of hydrogen-bond donors (Lipinski definition) is 2. The predicted molar refractivity (Wildman–Crippen MR) is 104 cm³/mol. The Morgan fingerprint density at radius 3 is 2.59 bits per heavy atom. The highest BCUT2D eigenvalue weighted by Gasteiger charge is 2.26. The summed E-state index contributed by atoms with van der Waals surface area (Å²) in [6.45, 7) is 2.22. The number of aromatic nitrogens is 2. The number of carbonyl (C=O) groups is 2. The van der Waals surface area contributed by atoms with Crippen LogP contribution in [-0.4, -0.2) is 48.2 Å². The second-order valence-electron chi connectivity index (χ2n) is 6.41. The Morgan fingerprint density at radius 1 is 1.07 bits per heavy atom. The number of halogens is 1. The Morgan fingerprint density at radius 2 is 1.85 bits per heavy atom. The fourth-order valence-corrected chi connectivity index (χ4v) is 3.18. The van der Waals surface area contributed by atoms with Crippen LogP contribution in [0.1, 0.15) is 23.2 Å². The number of nitrogens with zero attached hydrogens (tertiary/aromatic N) is 3. The molecule has 1 aliphatic heterocycles. The van der Waals surface area contributed by atoms with Crippen LogP contribution >= 0.6 is 11.6 Å². The molecule has 2 heterocycles. The zero-order valence-corrected chi connectivity index (χ0v) is 15.7. The quantitative estimate of drug-likeness (QED) is 0.739. The smallest absolute Gasteiger partial charge is 0.251 e. The first kappa shape index (κ1) is 19.1. The molecule has 3 rings (SSSR count). The van der Waals surface area contributed by atoms with Gasteiger partial charge in [-0.05, 0) is 37.1 Å². The normalized spacial score (nSPS) is 16.6. The number of carbonyl (C=O) groups excluding carboxylic acids is 2. The fourth-order valence-electron chi connectivity index (χ4n) is 3.07. The first-order chi connectivity index (χ1) is 13.1. The van der Waals surface area contributed by atoms with Crippen molar-refractivity contribution in [3.8, 4) is 0 Å². The number of hydrogen-bond acceptors (Lipinski definition) is 5. The molecule has 8 heteroatoms. The van der Waals surface area contributed by atoms with Crippen molar-refractivity contribution in [2.75, 3.05) is 31.1 Å². The topological polar surface area (TPSA) is 87.2 Å². The van der Waals surface area contributed by atoms with Crippen molar-refractivity contribution >= 4 is 29.2 Å². The van der Waals surface area contributed by atoms with Crippen molar-refractivity contribution in [3.05, 3.63) is 53.2 Å². The Balaban J connectivity index is 1.42. The molecule has 142 valence electrons. The van der Waals surface area contributed by atoms with Gasteiger partial charge >= 0.3 is 0 Å². The lowest BCUT2D eigenvalue weighted by atomic mass is 9.97. The van der Waals surface area contributed by atoms with Crippen molar-refractivity contribution in [2.45, 2.75) is 12.8 Å². The van der Waals surface area contributed by atoms with Gasteiger partial charge in [-0.15, -0.1) is 10.2 Å². The van der Waals surface area contributed by atoms with E-state index in [1.165, 1.54) is 0 Å². The lowest BCUT2D eigenvalue weighted by Gasteiger charge is -2.32. The van der Waals surface area contributed by atoms with Crippen LogP contribution in [-0.2, 0) is 4.79 Å². The van der Waals surface area contributed by atoms with Gasteiger partial charge < -0.3 is 15.5 Å². The van der Waals surface area contributed by atoms with Gasteiger partial charge in [-0.25, -0.2) is 0 Å². The SMILES string of the molecule is O=C(NCCNC(=O)[C@@H]1CCCN(c2ccc(Cl)nn2)C1)c1ccccc1. The lowest BCUT2D eigenvalue weighted by Crippen LogP contribution is -2.45. The van der Waals surface area contributed by atoms with E-state index in [-0.39, 0.29) is 17.7 Å². The monoisotopic (exact) mass is 387 g/mol. The van der Waals surface area contributed by atoms with Gasteiger partial charge in [0, 0.05) is 31.7 Å². The molecule has 7 nitrogen and oxygen atoms in total. The maximum atomic E-state index is 12.4. The van der Waals surface area contributed by atoms with Crippen LogP contribution in [0.4, 0.5) is 5.82 Å². The Labute approximate surface area is 163 Å². The van der Waals surface area contributed by atoms with Gasteiger partial charge in [-0.1, -0.05) is 29.8 Å². The zero-order chi connectivity index (χ0) is 19.1. The molecule has 2 amide bonds. The summed E-state index contributed by atoms with van der Waals surface area (Å²) in [7, 11) is 0. The number of amides is 2. The number of anilines is 1. The molecule has 0 unspecified atom stereocenters. The summed E-state index contributed by atoms with van der Waals surface area (Å²) in [5, 5.41) is 14.0. The molecule has 1 aliphatic rings. The molecule has 1 atom stereocenters. The van der Waals surface area contributed by atoms with Crippen molar-refractivity contribution in [1.29, 1.82) is 0 Å². The molecule has 1 fully saturated rings. The number of nitrogens with one attached hydrogen (secondary N) is 2. The van der Waals surface area contributed by atoms with Gasteiger partial charge in [0.2, 0.25) is 5.91 Å². The minimum absolute atomic E-state index is 0.00409.